The Labute approximate surface area is 210 Å². The molecule has 3 aromatic rings. The summed E-state index contributed by atoms with van der Waals surface area (Å²) < 4.78 is 13.3. The number of carbonyl (C=O) groups excluding carboxylic acids is 1. The lowest BCUT2D eigenvalue weighted by Gasteiger charge is -2.18. The largest absolute Gasteiger partial charge is 0.396 e. The average molecular weight is 499 g/mol. The van der Waals surface area contributed by atoms with Crippen LogP contribution in [0, 0.1) is 0 Å². The smallest absolute Gasteiger partial charge is 0.274 e. The molecular formula is C25H34N6O3S. The zero-order chi connectivity index (χ0) is 24.8. The highest BCUT2D eigenvalue weighted by Gasteiger charge is 2.26. The molecule has 188 valence electrons. The first kappa shape index (κ1) is 25.3. The molecule has 0 spiro atoms. The van der Waals surface area contributed by atoms with Gasteiger partial charge < -0.3 is 20.5 Å². The van der Waals surface area contributed by atoms with E-state index >= 15 is 0 Å². The molecule has 1 amide bonds. The number of anilines is 1. The van der Waals surface area contributed by atoms with E-state index in [1.54, 1.807) is 22.2 Å². The van der Waals surface area contributed by atoms with E-state index in [1.165, 1.54) is 0 Å². The first-order valence-corrected chi connectivity index (χ1v) is 12.9. The van der Waals surface area contributed by atoms with Gasteiger partial charge >= 0.3 is 0 Å². The molecule has 9 nitrogen and oxygen atoms in total. The van der Waals surface area contributed by atoms with Crippen molar-refractivity contribution in [1.29, 1.82) is 0 Å². The molecule has 4 rings (SSSR count). The molecule has 1 saturated carbocycles. The Morgan fingerprint density at radius 1 is 1.29 bits per heavy atom. The van der Waals surface area contributed by atoms with Crippen molar-refractivity contribution in [3.05, 3.63) is 47.0 Å². The number of nitrogens with one attached hydrogen (secondary N) is 1. The van der Waals surface area contributed by atoms with Crippen molar-refractivity contribution < 1.29 is 14.3 Å². The summed E-state index contributed by atoms with van der Waals surface area (Å²) in [6.45, 7) is 8.05. The average Bonchev–Trinajstić information content (AvgIpc) is 3.43. The van der Waals surface area contributed by atoms with Crippen molar-refractivity contribution >= 4 is 22.9 Å². The van der Waals surface area contributed by atoms with Crippen LogP contribution in [0.15, 0.2) is 29.9 Å². The summed E-state index contributed by atoms with van der Waals surface area (Å²) in [6.07, 6.45) is 7.39. The van der Waals surface area contributed by atoms with E-state index in [2.05, 4.69) is 21.5 Å². The zero-order valence-electron chi connectivity index (χ0n) is 20.6. The summed E-state index contributed by atoms with van der Waals surface area (Å²) in [7, 11) is 0. The SMILES string of the molecule is CC(C)(C)OCc1csc(-c2ccnc(CCCOCCNC(=O)c3nn(C4CC4)cc3N)c2)n1. The second-order valence-electron chi connectivity index (χ2n) is 9.70. The highest BCUT2D eigenvalue weighted by molar-refractivity contribution is 7.13. The van der Waals surface area contributed by atoms with Crippen molar-refractivity contribution in [1.82, 2.24) is 25.1 Å². The summed E-state index contributed by atoms with van der Waals surface area (Å²) >= 11 is 1.61. The van der Waals surface area contributed by atoms with Gasteiger partial charge in [0.2, 0.25) is 0 Å². The fourth-order valence-electron chi connectivity index (χ4n) is 3.43. The summed E-state index contributed by atoms with van der Waals surface area (Å²) in [5, 5.41) is 10.1. The Morgan fingerprint density at radius 2 is 2.11 bits per heavy atom. The maximum Gasteiger partial charge on any atom is 0.274 e. The van der Waals surface area contributed by atoms with Crippen LogP contribution >= 0.6 is 11.3 Å². The highest BCUT2D eigenvalue weighted by Crippen LogP contribution is 2.35. The molecule has 0 aliphatic heterocycles. The first-order chi connectivity index (χ1) is 16.8. The lowest BCUT2D eigenvalue weighted by atomic mass is 10.1. The lowest BCUT2D eigenvalue weighted by molar-refractivity contribution is -0.0162. The maximum atomic E-state index is 12.3. The third-order valence-electron chi connectivity index (χ3n) is 5.42. The van der Waals surface area contributed by atoms with Gasteiger partial charge in [-0.2, -0.15) is 5.10 Å². The second-order valence-corrected chi connectivity index (χ2v) is 10.6. The molecule has 10 heteroatoms. The fourth-order valence-corrected chi connectivity index (χ4v) is 4.23. The van der Waals surface area contributed by atoms with E-state index in [4.69, 9.17) is 20.2 Å². The topological polar surface area (TPSA) is 117 Å². The summed E-state index contributed by atoms with van der Waals surface area (Å²) in [5.74, 6) is -0.262. The molecule has 35 heavy (non-hydrogen) atoms. The van der Waals surface area contributed by atoms with Crippen LogP contribution in [0.5, 0.6) is 0 Å². The number of nitrogens with two attached hydrogens (primary N) is 1. The minimum Gasteiger partial charge on any atom is -0.396 e. The van der Waals surface area contributed by atoms with E-state index in [0.29, 0.717) is 38.1 Å². The minimum atomic E-state index is -0.262. The fraction of sp³-hybridized carbons (Fsp3) is 0.520. The van der Waals surface area contributed by atoms with Crippen molar-refractivity contribution in [3.63, 3.8) is 0 Å². The Hall–Kier alpha value is -2.82. The predicted octanol–water partition coefficient (Wildman–Crippen LogP) is 4.01. The van der Waals surface area contributed by atoms with Crippen LogP contribution in [0.4, 0.5) is 5.69 Å². The maximum absolute atomic E-state index is 12.3. The Bertz CT molecular complexity index is 1130. The van der Waals surface area contributed by atoms with Crippen molar-refractivity contribution in [2.45, 2.75) is 64.7 Å². The Morgan fingerprint density at radius 3 is 2.89 bits per heavy atom. The third-order valence-corrected chi connectivity index (χ3v) is 6.36. The number of ether oxygens (including phenoxy) is 2. The van der Waals surface area contributed by atoms with Gasteiger partial charge in [-0.25, -0.2) is 4.98 Å². The van der Waals surface area contributed by atoms with Crippen LogP contribution in [0.2, 0.25) is 0 Å². The number of carbonyl (C=O) groups is 1. The summed E-state index contributed by atoms with van der Waals surface area (Å²) in [5.41, 5.74) is 9.45. The molecule has 0 unspecified atom stereocenters. The van der Waals surface area contributed by atoms with Crippen LogP contribution in [0.1, 0.15) is 68.0 Å². The zero-order valence-corrected chi connectivity index (χ0v) is 21.4. The lowest BCUT2D eigenvalue weighted by Crippen LogP contribution is -2.28. The van der Waals surface area contributed by atoms with Crippen LogP contribution in [-0.4, -0.2) is 51.0 Å². The van der Waals surface area contributed by atoms with E-state index in [0.717, 1.165) is 47.6 Å². The van der Waals surface area contributed by atoms with Gasteiger partial charge in [0, 0.05) is 42.2 Å². The van der Waals surface area contributed by atoms with Crippen molar-refractivity contribution in [2.24, 2.45) is 0 Å². The number of thiazole rings is 1. The summed E-state index contributed by atoms with van der Waals surface area (Å²) in [6, 6.07) is 4.46. The number of nitrogen functional groups attached to an aromatic ring is 1. The molecule has 0 atom stereocenters. The molecule has 0 bridgehead atoms. The van der Waals surface area contributed by atoms with Crippen molar-refractivity contribution in [2.75, 3.05) is 25.5 Å². The summed E-state index contributed by atoms with van der Waals surface area (Å²) in [4.78, 5) is 21.5. The van der Waals surface area contributed by atoms with Crippen LogP contribution < -0.4 is 11.1 Å². The van der Waals surface area contributed by atoms with E-state index in [9.17, 15) is 4.79 Å². The highest BCUT2D eigenvalue weighted by atomic mass is 32.1. The van der Waals surface area contributed by atoms with Gasteiger partial charge in [-0.15, -0.1) is 11.3 Å². The number of amides is 1. The molecule has 3 aromatic heterocycles. The standard InChI is InChI=1S/C25H34N6O3S/c1-25(2,3)34-15-19-16-35-24(29-19)17-8-9-27-18(13-17)5-4-11-33-12-10-28-23(32)22-21(26)14-31(30-22)20-6-7-20/h8-9,13-14,16,20H,4-7,10-12,15,26H2,1-3H3,(H,28,32). The molecule has 1 aliphatic rings. The molecule has 1 fully saturated rings. The van der Waals surface area contributed by atoms with Gasteiger partial charge in [-0.1, -0.05) is 0 Å². The minimum absolute atomic E-state index is 0.186. The monoisotopic (exact) mass is 498 g/mol. The number of aromatic nitrogens is 4. The predicted molar refractivity (Wildman–Crippen MR) is 136 cm³/mol. The van der Waals surface area contributed by atoms with E-state index in [-0.39, 0.29) is 17.2 Å². The quantitative estimate of drug-likeness (QED) is 0.362. The van der Waals surface area contributed by atoms with Gasteiger partial charge in [-0.3, -0.25) is 14.5 Å². The molecule has 3 N–H and O–H groups in total. The van der Waals surface area contributed by atoms with Gasteiger partial charge in [0.25, 0.3) is 5.91 Å². The number of hydrogen-bond donors (Lipinski definition) is 2. The molecule has 0 radical (unpaired) electrons. The molecule has 3 heterocycles. The Balaban J connectivity index is 1.14. The van der Waals surface area contributed by atoms with Crippen LogP contribution in [-0.2, 0) is 22.5 Å². The number of nitrogens with zero attached hydrogens (tertiary/aromatic N) is 4. The molecule has 1 aliphatic carbocycles. The number of pyridine rings is 1. The second kappa shape index (κ2) is 11.3. The normalized spacial score (nSPS) is 13.8. The van der Waals surface area contributed by atoms with Crippen LogP contribution in [0.25, 0.3) is 10.6 Å². The van der Waals surface area contributed by atoms with Crippen molar-refractivity contribution in [3.8, 4) is 10.6 Å². The van der Waals surface area contributed by atoms with E-state index in [1.807, 2.05) is 38.4 Å². The Kier molecular flexibility index (Phi) is 8.15. The molecular weight excluding hydrogens is 464 g/mol. The third kappa shape index (κ3) is 7.58. The number of aryl methyl sites for hydroxylation is 1. The van der Waals surface area contributed by atoms with Gasteiger partial charge in [0.1, 0.15) is 5.01 Å². The van der Waals surface area contributed by atoms with Gasteiger partial charge in [0.15, 0.2) is 5.69 Å². The van der Waals surface area contributed by atoms with Crippen LogP contribution in [0.3, 0.4) is 0 Å². The number of hydrogen-bond acceptors (Lipinski definition) is 8. The van der Waals surface area contributed by atoms with Gasteiger partial charge in [0.05, 0.1) is 36.2 Å². The molecule has 0 saturated heterocycles. The van der Waals surface area contributed by atoms with Gasteiger partial charge in [-0.05, 0) is 58.6 Å². The van der Waals surface area contributed by atoms with E-state index < -0.39 is 0 Å². The molecule has 0 aromatic carbocycles. The number of rotatable bonds is 12. The first-order valence-electron chi connectivity index (χ1n) is 12.0.